The average Bonchev–Trinajstić information content (AvgIpc) is 2.74. The van der Waals surface area contributed by atoms with Crippen molar-refractivity contribution < 1.29 is 30.6 Å². The van der Waals surface area contributed by atoms with Crippen LogP contribution in [0.2, 0.25) is 5.02 Å². The Morgan fingerprint density at radius 2 is 1.52 bits per heavy atom. The Hall–Kier alpha value is -1.51. The number of hydrogen-bond donors (Lipinski definition) is 6. The first-order valence-corrected chi connectivity index (χ1v) is 10.0. The van der Waals surface area contributed by atoms with E-state index < -0.39 is 47.5 Å². The van der Waals surface area contributed by atoms with Gasteiger partial charge in [-0.25, -0.2) is 0 Å². The molecule has 0 aromatic heterocycles. The minimum Gasteiger partial charge on any atom is -0.394 e. The first-order chi connectivity index (χ1) is 13.7. The molecule has 0 radical (unpaired) electrons. The van der Waals surface area contributed by atoms with E-state index in [1.165, 1.54) is 0 Å². The summed E-state index contributed by atoms with van der Waals surface area (Å²) in [7, 11) is 0. The Morgan fingerprint density at radius 3 is 2.03 bits per heavy atom. The summed E-state index contributed by atoms with van der Waals surface area (Å²) in [5, 5.41) is 65.7. The fourth-order valence-corrected chi connectivity index (χ4v) is 5.56. The van der Waals surface area contributed by atoms with Gasteiger partial charge in [-0.15, -0.1) is 0 Å². The molecule has 0 bridgehead atoms. The highest BCUT2D eigenvalue weighted by Gasteiger charge is 2.93. The van der Waals surface area contributed by atoms with Crippen LogP contribution in [0.25, 0.3) is 0 Å². The van der Waals surface area contributed by atoms with E-state index in [9.17, 15) is 30.6 Å². The molecule has 0 spiro atoms. The smallest absolute Gasteiger partial charge is 0.138 e. The van der Waals surface area contributed by atoms with Crippen molar-refractivity contribution in [3.63, 3.8) is 0 Å². The van der Waals surface area contributed by atoms with E-state index in [0.29, 0.717) is 16.1 Å². The van der Waals surface area contributed by atoms with E-state index in [4.69, 9.17) is 11.6 Å². The molecule has 2 saturated carbocycles. The van der Waals surface area contributed by atoms with Crippen molar-refractivity contribution in [3.05, 3.63) is 70.2 Å². The normalized spacial score (nSPS) is 39.2. The molecule has 2 aromatic rings. The summed E-state index contributed by atoms with van der Waals surface area (Å²) in [6.07, 6.45) is -2.33. The van der Waals surface area contributed by atoms with Gasteiger partial charge in [0.15, 0.2) is 0 Å². The third-order valence-corrected chi connectivity index (χ3v) is 7.20. The summed E-state index contributed by atoms with van der Waals surface area (Å²) in [6, 6.07) is 13.4. The topological polar surface area (TPSA) is 121 Å². The fourth-order valence-electron chi connectivity index (χ4n) is 5.43. The predicted octanol–water partition coefficient (Wildman–Crippen LogP) is 0.704. The Bertz CT molecular complexity index is 903. The van der Waals surface area contributed by atoms with Gasteiger partial charge in [0.2, 0.25) is 0 Å². The van der Waals surface area contributed by atoms with Gasteiger partial charge in [0.25, 0.3) is 0 Å². The van der Waals surface area contributed by atoms with Crippen molar-refractivity contribution in [2.24, 2.45) is 0 Å². The van der Waals surface area contributed by atoms with Crippen LogP contribution in [0.3, 0.4) is 0 Å². The molecule has 0 aliphatic heterocycles. The summed E-state index contributed by atoms with van der Waals surface area (Å²) in [4.78, 5) is 0. The van der Waals surface area contributed by atoms with Gasteiger partial charge in [0, 0.05) is 10.9 Å². The molecule has 2 aliphatic carbocycles. The molecule has 3 unspecified atom stereocenters. The summed E-state index contributed by atoms with van der Waals surface area (Å²) >= 11 is 5.92. The largest absolute Gasteiger partial charge is 0.394 e. The number of aliphatic hydroxyl groups is 6. The molecule has 7 atom stereocenters. The first kappa shape index (κ1) is 20.8. The van der Waals surface area contributed by atoms with Crippen molar-refractivity contribution in [2.75, 3.05) is 6.61 Å². The van der Waals surface area contributed by atoms with Gasteiger partial charge < -0.3 is 30.6 Å². The van der Waals surface area contributed by atoms with E-state index in [-0.39, 0.29) is 0 Å². The van der Waals surface area contributed by atoms with Gasteiger partial charge >= 0.3 is 0 Å². The van der Waals surface area contributed by atoms with E-state index in [1.54, 1.807) is 36.4 Å². The van der Waals surface area contributed by atoms with Crippen LogP contribution in [0.5, 0.6) is 0 Å². The van der Waals surface area contributed by atoms with Crippen molar-refractivity contribution >= 4 is 11.6 Å². The second kappa shape index (κ2) is 6.75. The SMILES string of the molecule is CCc1ccc(C2[C@]3(O)C(O)C(c4ccc(Cl)cc4)[C@]3(O)[C@]2(O)[C@H](O)CO)cc1. The van der Waals surface area contributed by atoms with Crippen LogP contribution < -0.4 is 0 Å². The number of halogens is 1. The second-order valence-electron chi connectivity index (χ2n) is 8.12. The molecule has 0 amide bonds. The van der Waals surface area contributed by atoms with E-state index in [2.05, 4.69) is 0 Å². The molecular weight excluding hydrogens is 396 g/mol. The third kappa shape index (κ3) is 2.33. The lowest BCUT2D eigenvalue weighted by molar-refractivity contribution is -0.459. The van der Waals surface area contributed by atoms with Crippen molar-refractivity contribution in [1.29, 1.82) is 0 Å². The fraction of sp³-hybridized carbons (Fsp3) is 0.455. The molecule has 7 heteroatoms. The second-order valence-corrected chi connectivity index (χ2v) is 8.55. The zero-order chi connectivity index (χ0) is 21.2. The molecule has 2 fully saturated rings. The summed E-state index contributed by atoms with van der Waals surface area (Å²) in [5.41, 5.74) is -4.67. The van der Waals surface area contributed by atoms with Gasteiger partial charge in [-0.05, 0) is 35.2 Å². The molecule has 2 aromatic carbocycles. The number of hydrogen-bond acceptors (Lipinski definition) is 6. The minimum atomic E-state index is -2.27. The zero-order valence-corrected chi connectivity index (χ0v) is 16.7. The standard InChI is InChI=1S/C22H25ClO6/c1-2-12-3-5-14(6-4-12)18-20(27,16(25)11-24)22(29)17(19(26)21(18,22)28)13-7-9-15(23)10-8-13/h3-10,16-19,24-29H,2,11H2,1H3/t16-,17?,18?,19?,20+,21+,22+/m1/s1. The molecule has 6 nitrogen and oxygen atoms in total. The van der Waals surface area contributed by atoms with Gasteiger partial charge in [0.05, 0.1) is 18.6 Å². The highest BCUT2D eigenvalue weighted by molar-refractivity contribution is 6.30. The van der Waals surface area contributed by atoms with Crippen molar-refractivity contribution in [2.45, 2.75) is 54.2 Å². The quantitative estimate of drug-likeness (QED) is 0.423. The van der Waals surface area contributed by atoms with E-state index in [1.807, 2.05) is 19.1 Å². The van der Waals surface area contributed by atoms with Crippen LogP contribution in [-0.2, 0) is 6.42 Å². The first-order valence-electron chi connectivity index (χ1n) is 9.66. The number of fused-ring (bicyclic) bond motifs is 1. The number of aliphatic hydroxyl groups excluding tert-OH is 3. The van der Waals surface area contributed by atoms with Crippen LogP contribution in [0.1, 0.15) is 35.4 Å². The third-order valence-electron chi connectivity index (χ3n) is 6.95. The maximum atomic E-state index is 11.5. The number of benzene rings is 2. The summed E-state index contributed by atoms with van der Waals surface area (Å²) in [5.74, 6) is -2.26. The minimum absolute atomic E-state index is 0.456. The number of aryl methyl sites for hydroxylation is 1. The van der Waals surface area contributed by atoms with Crippen LogP contribution >= 0.6 is 11.6 Å². The molecule has 0 saturated heterocycles. The van der Waals surface area contributed by atoms with E-state index >= 15 is 0 Å². The molecule has 6 N–H and O–H groups in total. The Morgan fingerprint density at radius 1 is 0.966 bits per heavy atom. The Kier molecular flexibility index (Phi) is 4.83. The lowest BCUT2D eigenvalue weighted by Gasteiger charge is -2.80. The monoisotopic (exact) mass is 420 g/mol. The van der Waals surface area contributed by atoms with Crippen LogP contribution in [0, 0.1) is 0 Å². The van der Waals surface area contributed by atoms with Crippen LogP contribution in [0.4, 0.5) is 0 Å². The summed E-state index contributed by atoms with van der Waals surface area (Å²) < 4.78 is 0. The average molecular weight is 421 g/mol. The van der Waals surface area contributed by atoms with Crippen LogP contribution in [-0.4, -0.2) is 66.3 Å². The maximum absolute atomic E-state index is 11.5. The molecule has 29 heavy (non-hydrogen) atoms. The highest BCUT2D eigenvalue weighted by atomic mass is 35.5. The molecule has 156 valence electrons. The van der Waals surface area contributed by atoms with Gasteiger partial charge in [0.1, 0.15) is 22.9 Å². The van der Waals surface area contributed by atoms with Gasteiger partial charge in [-0.1, -0.05) is 54.9 Å². The Labute approximate surface area is 173 Å². The molecule has 4 rings (SSSR count). The molecule has 2 aliphatic rings. The van der Waals surface area contributed by atoms with Crippen LogP contribution in [0.15, 0.2) is 48.5 Å². The van der Waals surface area contributed by atoms with Crippen molar-refractivity contribution in [3.8, 4) is 0 Å². The van der Waals surface area contributed by atoms with Crippen molar-refractivity contribution in [1.82, 2.24) is 0 Å². The summed E-state index contributed by atoms with van der Waals surface area (Å²) in [6.45, 7) is 1.17. The Balaban J connectivity index is 1.82. The lowest BCUT2D eigenvalue weighted by atomic mass is 9.30. The zero-order valence-electron chi connectivity index (χ0n) is 15.9. The highest BCUT2D eigenvalue weighted by Crippen LogP contribution is 2.75. The van der Waals surface area contributed by atoms with Gasteiger partial charge in [-0.3, -0.25) is 0 Å². The number of rotatable bonds is 5. The van der Waals surface area contributed by atoms with Gasteiger partial charge in [-0.2, -0.15) is 0 Å². The maximum Gasteiger partial charge on any atom is 0.138 e. The lowest BCUT2D eigenvalue weighted by Crippen LogP contribution is -2.99. The predicted molar refractivity (Wildman–Crippen MR) is 107 cm³/mol. The molecular formula is C22H25ClO6. The molecule has 0 heterocycles. The van der Waals surface area contributed by atoms with E-state index in [0.717, 1.165) is 12.0 Å².